The van der Waals surface area contributed by atoms with Crippen molar-refractivity contribution in [2.24, 2.45) is 7.05 Å². The van der Waals surface area contributed by atoms with Crippen LogP contribution in [0.1, 0.15) is 53.2 Å². The van der Waals surface area contributed by atoms with Crippen molar-refractivity contribution in [1.82, 2.24) is 14.7 Å². The summed E-state index contributed by atoms with van der Waals surface area (Å²) in [6.07, 6.45) is 6.50. The number of likely N-dealkylation sites (tertiary alicyclic amines) is 1. The van der Waals surface area contributed by atoms with Crippen LogP contribution in [0.25, 0.3) is 0 Å². The van der Waals surface area contributed by atoms with E-state index in [1.807, 2.05) is 36.3 Å². The Morgan fingerprint density at radius 2 is 1.83 bits per heavy atom. The van der Waals surface area contributed by atoms with Crippen LogP contribution >= 0.6 is 0 Å². The van der Waals surface area contributed by atoms with Crippen molar-refractivity contribution in [2.75, 3.05) is 13.1 Å². The highest BCUT2D eigenvalue weighted by molar-refractivity contribution is 5.95. The molecule has 2 aromatic carbocycles. The van der Waals surface area contributed by atoms with Crippen LogP contribution in [0.3, 0.4) is 0 Å². The van der Waals surface area contributed by atoms with E-state index in [1.165, 1.54) is 16.7 Å². The molecule has 0 N–H and O–H groups in total. The normalized spacial score (nSPS) is 13.4. The number of nitrogens with zero attached hydrogens (tertiary/aromatic N) is 3. The van der Waals surface area contributed by atoms with Gasteiger partial charge in [0.1, 0.15) is 5.75 Å². The van der Waals surface area contributed by atoms with E-state index in [0.717, 1.165) is 49.4 Å². The molecule has 1 aliphatic heterocycles. The number of benzene rings is 2. The van der Waals surface area contributed by atoms with Crippen molar-refractivity contribution < 1.29 is 9.53 Å². The Labute approximate surface area is 178 Å². The van der Waals surface area contributed by atoms with Gasteiger partial charge in [0.25, 0.3) is 5.91 Å². The Balaban J connectivity index is 1.44. The fourth-order valence-corrected chi connectivity index (χ4v) is 3.81. The fourth-order valence-electron chi connectivity index (χ4n) is 3.81. The predicted octanol–water partition coefficient (Wildman–Crippen LogP) is 4.97. The third-order valence-corrected chi connectivity index (χ3v) is 5.68. The maximum absolute atomic E-state index is 12.6. The molecule has 156 valence electrons. The highest BCUT2D eigenvalue weighted by Gasteiger charge is 2.22. The SMILES string of the molecule is CC(C)c1ccc(C(=O)N2CCC2)cc1CCc1ccc(Oc2cnn(C)c2)cc1. The van der Waals surface area contributed by atoms with Gasteiger partial charge in [0.05, 0.1) is 12.4 Å². The Morgan fingerprint density at radius 3 is 2.43 bits per heavy atom. The van der Waals surface area contributed by atoms with E-state index in [4.69, 9.17) is 4.74 Å². The topological polar surface area (TPSA) is 47.4 Å². The van der Waals surface area contributed by atoms with Crippen LogP contribution in [-0.4, -0.2) is 33.7 Å². The molecule has 0 radical (unpaired) electrons. The fraction of sp³-hybridized carbons (Fsp3) is 0.360. The molecular formula is C25H29N3O2. The minimum atomic E-state index is 0.162. The molecule has 2 heterocycles. The number of aromatic nitrogens is 2. The van der Waals surface area contributed by atoms with Crippen molar-refractivity contribution in [3.05, 3.63) is 77.1 Å². The lowest BCUT2D eigenvalue weighted by molar-refractivity contribution is 0.0651. The summed E-state index contributed by atoms with van der Waals surface area (Å²) in [5.41, 5.74) is 4.66. The zero-order valence-electron chi connectivity index (χ0n) is 18.0. The van der Waals surface area contributed by atoms with E-state index in [-0.39, 0.29) is 5.91 Å². The summed E-state index contributed by atoms with van der Waals surface area (Å²) in [6, 6.07) is 14.4. The van der Waals surface area contributed by atoms with Gasteiger partial charge in [-0.25, -0.2) is 0 Å². The molecule has 1 amide bonds. The highest BCUT2D eigenvalue weighted by atomic mass is 16.5. The van der Waals surface area contributed by atoms with Crippen LogP contribution in [0.2, 0.25) is 0 Å². The number of ether oxygens (including phenoxy) is 1. The number of hydrogen-bond acceptors (Lipinski definition) is 3. The Hall–Kier alpha value is -3.08. The third kappa shape index (κ3) is 4.56. The molecule has 0 aliphatic carbocycles. The molecule has 30 heavy (non-hydrogen) atoms. The first kappa shape index (κ1) is 20.2. The molecule has 3 aromatic rings. The Kier molecular flexibility index (Phi) is 5.88. The summed E-state index contributed by atoms with van der Waals surface area (Å²) in [7, 11) is 1.87. The van der Waals surface area contributed by atoms with Gasteiger partial charge in [-0.2, -0.15) is 5.10 Å². The van der Waals surface area contributed by atoms with E-state index in [1.54, 1.807) is 10.9 Å². The van der Waals surface area contributed by atoms with Gasteiger partial charge in [-0.1, -0.05) is 32.0 Å². The quantitative estimate of drug-likeness (QED) is 0.560. The van der Waals surface area contributed by atoms with Crippen LogP contribution in [0.4, 0.5) is 0 Å². The molecule has 0 spiro atoms. The van der Waals surface area contributed by atoms with Gasteiger partial charge in [-0.15, -0.1) is 0 Å². The molecule has 1 saturated heterocycles. The van der Waals surface area contributed by atoms with Crippen molar-refractivity contribution in [3.8, 4) is 11.5 Å². The van der Waals surface area contributed by atoms with Gasteiger partial charge in [-0.3, -0.25) is 9.48 Å². The second-order valence-electron chi connectivity index (χ2n) is 8.31. The van der Waals surface area contributed by atoms with E-state index >= 15 is 0 Å². The van der Waals surface area contributed by atoms with Gasteiger partial charge >= 0.3 is 0 Å². The minimum Gasteiger partial charge on any atom is -0.454 e. The number of rotatable bonds is 7. The Bertz CT molecular complexity index is 1020. The van der Waals surface area contributed by atoms with Gasteiger partial charge in [-0.05, 0) is 66.1 Å². The largest absolute Gasteiger partial charge is 0.454 e. The summed E-state index contributed by atoms with van der Waals surface area (Å²) in [5, 5.41) is 4.12. The van der Waals surface area contributed by atoms with Crippen molar-refractivity contribution in [2.45, 2.75) is 39.0 Å². The minimum absolute atomic E-state index is 0.162. The second kappa shape index (κ2) is 8.74. The van der Waals surface area contributed by atoms with E-state index in [0.29, 0.717) is 5.92 Å². The zero-order chi connectivity index (χ0) is 21.1. The number of carbonyl (C=O) groups excluding carboxylic acids is 1. The molecule has 1 fully saturated rings. The maximum Gasteiger partial charge on any atom is 0.253 e. The van der Waals surface area contributed by atoms with E-state index in [9.17, 15) is 4.79 Å². The highest BCUT2D eigenvalue weighted by Crippen LogP contribution is 2.25. The lowest BCUT2D eigenvalue weighted by atomic mass is 9.91. The molecule has 1 aliphatic rings. The van der Waals surface area contributed by atoms with Crippen LogP contribution < -0.4 is 4.74 Å². The Morgan fingerprint density at radius 1 is 1.07 bits per heavy atom. The summed E-state index contributed by atoms with van der Waals surface area (Å²) in [6.45, 7) is 6.18. The molecule has 0 saturated carbocycles. The van der Waals surface area contributed by atoms with Gasteiger partial charge in [0.15, 0.2) is 5.75 Å². The van der Waals surface area contributed by atoms with Crippen molar-refractivity contribution in [3.63, 3.8) is 0 Å². The number of amides is 1. The van der Waals surface area contributed by atoms with Crippen LogP contribution in [0.5, 0.6) is 11.5 Å². The summed E-state index contributed by atoms with van der Waals surface area (Å²) in [4.78, 5) is 14.6. The van der Waals surface area contributed by atoms with Crippen LogP contribution in [0, 0.1) is 0 Å². The first-order chi connectivity index (χ1) is 14.5. The average Bonchev–Trinajstić information content (AvgIpc) is 3.10. The van der Waals surface area contributed by atoms with E-state index < -0.39 is 0 Å². The molecule has 5 heteroatoms. The van der Waals surface area contributed by atoms with E-state index in [2.05, 4.69) is 43.2 Å². The lowest BCUT2D eigenvalue weighted by Crippen LogP contribution is -2.42. The molecule has 0 unspecified atom stereocenters. The van der Waals surface area contributed by atoms with Crippen LogP contribution in [-0.2, 0) is 19.9 Å². The van der Waals surface area contributed by atoms with Crippen LogP contribution in [0.15, 0.2) is 54.9 Å². The van der Waals surface area contributed by atoms with Gasteiger partial charge in [0, 0.05) is 25.7 Å². The maximum atomic E-state index is 12.6. The average molecular weight is 404 g/mol. The monoisotopic (exact) mass is 403 g/mol. The molecular weight excluding hydrogens is 374 g/mol. The first-order valence-electron chi connectivity index (χ1n) is 10.7. The van der Waals surface area contributed by atoms with Crippen molar-refractivity contribution >= 4 is 5.91 Å². The third-order valence-electron chi connectivity index (χ3n) is 5.68. The summed E-state index contributed by atoms with van der Waals surface area (Å²) < 4.78 is 7.54. The first-order valence-corrected chi connectivity index (χ1v) is 10.7. The van der Waals surface area contributed by atoms with Gasteiger partial charge < -0.3 is 9.64 Å². The zero-order valence-corrected chi connectivity index (χ0v) is 18.0. The second-order valence-corrected chi connectivity index (χ2v) is 8.31. The van der Waals surface area contributed by atoms with Crippen molar-refractivity contribution in [1.29, 1.82) is 0 Å². The molecule has 5 nitrogen and oxygen atoms in total. The van der Waals surface area contributed by atoms with Gasteiger partial charge in [0.2, 0.25) is 0 Å². The summed E-state index contributed by atoms with van der Waals surface area (Å²) >= 11 is 0. The molecule has 1 aromatic heterocycles. The summed E-state index contributed by atoms with van der Waals surface area (Å²) in [5.74, 6) is 2.13. The standard InChI is InChI=1S/C25H29N3O2/c1-18(2)24-12-9-21(25(29)28-13-4-14-28)15-20(24)8-5-19-6-10-22(11-7-19)30-23-16-26-27(3)17-23/h6-7,9-12,15-18H,4-5,8,13-14H2,1-3H3. The number of hydrogen-bond donors (Lipinski definition) is 0. The lowest BCUT2D eigenvalue weighted by Gasteiger charge is -2.31. The molecule has 0 bridgehead atoms. The molecule has 0 atom stereocenters. The molecule has 4 rings (SSSR count). The predicted molar refractivity (Wildman–Crippen MR) is 118 cm³/mol. The smallest absolute Gasteiger partial charge is 0.253 e. The number of carbonyl (C=O) groups is 1. The number of aryl methyl sites for hydroxylation is 3.